The van der Waals surface area contributed by atoms with Gasteiger partial charge in [-0.2, -0.15) is 0 Å². The van der Waals surface area contributed by atoms with Crippen LogP contribution < -0.4 is 5.32 Å². The molecule has 0 amide bonds. The Balaban J connectivity index is 0.000000213. The van der Waals surface area contributed by atoms with Crippen LogP contribution in [0.2, 0.25) is 0 Å². The summed E-state index contributed by atoms with van der Waals surface area (Å²) < 4.78 is 10.6. The molecule has 70 valence electrons. The van der Waals surface area contributed by atoms with E-state index >= 15 is 0 Å². The van der Waals surface area contributed by atoms with Crippen molar-refractivity contribution < 1.29 is 19.4 Å². The molecule has 0 radical (unpaired) electrons. The minimum absolute atomic E-state index is 0.250. The van der Waals surface area contributed by atoms with Crippen molar-refractivity contribution in [3.8, 4) is 0 Å². The molecule has 2 N–H and O–H groups in total. The third-order valence-corrected chi connectivity index (χ3v) is 1.75. The Morgan fingerprint density at radius 3 is 1.75 bits per heavy atom. The molecular formula is C7H13NO4. The fourth-order valence-corrected chi connectivity index (χ4v) is 1.33. The average Bonchev–Trinajstić information content (AvgIpc) is 2.06. The number of hydrogen-bond donors (Lipinski definition) is 2. The molecule has 0 aromatic carbocycles. The van der Waals surface area contributed by atoms with Crippen LogP contribution in [0, 0.1) is 0 Å². The molecule has 0 atom stereocenters. The molecule has 2 aliphatic heterocycles. The molecule has 5 heteroatoms. The molecule has 0 unspecified atom stereocenters. The molecule has 0 aromatic rings. The number of morpholine rings is 2. The first-order chi connectivity index (χ1) is 5.86. The van der Waals surface area contributed by atoms with Gasteiger partial charge in [0.25, 0.3) is 6.47 Å². The lowest BCUT2D eigenvalue weighted by molar-refractivity contribution is -0.122. The molecule has 2 fully saturated rings. The molecule has 0 spiro atoms. The second kappa shape index (κ2) is 5.08. The number of fused-ring (bicyclic) bond motifs is 2. The van der Waals surface area contributed by atoms with Crippen LogP contribution in [-0.2, 0) is 14.3 Å². The Labute approximate surface area is 70.7 Å². The van der Waals surface area contributed by atoms with E-state index in [9.17, 15) is 0 Å². The van der Waals surface area contributed by atoms with Gasteiger partial charge in [0, 0.05) is 0 Å². The van der Waals surface area contributed by atoms with Crippen molar-refractivity contribution in [3.05, 3.63) is 0 Å². The molecule has 0 aromatic heterocycles. The number of carbonyl (C=O) groups is 1. The molecule has 12 heavy (non-hydrogen) atoms. The predicted octanol–water partition coefficient (Wildman–Crippen LogP) is -0.926. The van der Waals surface area contributed by atoms with Crippen molar-refractivity contribution in [2.24, 2.45) is 0 Å². The third kappa shape index (κ3) is 2.77. The molecule has 2 rings (SSSR count). The Morgan fingerprint density at radius 2 is 1.50 bits per heavy atom. The topological polar surface area (TPSA) is 67.8 Å². The fourth-order valence-electron chi connectivity index (χ4n) is 1.33. The number of hydrogen-bond acceptors (Lipinski definition) is 4. The van der Waals surface area contributed by atoms with Gasteiger partial charge in [0.05, 0.1) is 38.5 Å². The van der Waals surface area contributed by atoms with Crippen LogP contribution in [0.5, 0.6) is 0 Å². The molecule has 2 saturated heterocycles. The molecular weight excluding hydrogens is 162 g/mol. The van der Waals surface area contributed by atoms with Gasteiger partial charge >= 0.3 is 0 Å². The van der Waals surface area contributed by atoms with Crippen molar-refractivity contribution in [1.29, 1.82) is 0 Å². The van der Waals surface area contributed by atoms with E-state index in [-0.39, 0.29) is 6.47 Å². The lowest BCUT2D eigenvalue weighted by Crippen LogP contribution is -2.56. The highest BCUT2D eigenvalue weighted by Gasteiger charge is 2.25. The van der Waals surface area contributed by atoms with Crippen LogP contribution in [0.3, 0.4) is 0 Å². The number of carboxylic acid groups (broad SMARTS) is 1. The number of nitrogens with one attached hydrogen (secondary N) is 1. The van der Waals surface area contributed by atoms with E-state index in [1.807, 2.05) is 0 Å². The first-order valence-corrected chi connectivity index (χ1v) is 3.86. The van der Waals surface area contributed by atoms with Gasteiger partial charge in [0.2, 0.25) is 0 Å². The van der Waals surface area contributed by atoms with E-state index in [1.54, 1.807) is 0 Å². The van der Waals surface area contributed by atoms with E-state index in [1.165, 1.54) is 0 Å². The van der Waals surface area contributed by atoms with Crippen LogP contribution in [0.25, 0.3) is 0 Å². The minimum Gasteiger partial charge on any atom is -0.483 e. The molecule has 0 saturated carbocycles. The van der Waals surface area contributed by atoms with Gasteiger partial charge in [0.1, 0.15) is 0 Å². The Kier molecular flexibility index (Phi) is 3.99. The van der Waals surface area contributed by atoms with E-state index in [0.717, 1.165) is 26.4 Å². The first kappa shape index (κ1) is 9.44. The maximum absolute atomic E-state index is 8.36. The summed E-state index contributed by atoms with van der Waals surface area (Å²) >= 11 is 0. The van der Waals surface area contributed by atoms with E-state index in [4.69, 9.17) is 19.4 Å². The largest absolute Gasteiger partial charge is 0.483 e. The molecule has 2 aliphatic rings. The Bertz CT molecular complexity index is 121. The average molecular weight is 175 g/mol. The van der Waals surface area contributed by atoms with Gasteiger partial charge in [0.15, 0.2) is 0 Å². The van der Waals surface area contributed by atoms with Gasteiger partial charge in [-0.3, -0.25) is 4.79 Å². The quantitative estimate of drug-likeness (QED) is 0.466. The van der Waals surface area contributed by atoms with Crippen molar-refractivity contribution in [2.45, 2.75) is 12.1 Å². The van der Waals surface area contributed by atoms with Crippen LogP contribution in [0.1, 0.15) is 0 Å². The zero-order valence-corrected chi connectivity index (χ0v) is 6.73. The van der Waals surface area contributed by atoms with Gasteiger partial charge in [-0.05, 0) is 0 Å². The number of ether oxygens (including phenoxy) is 2. The van der Waals surface area contributed by atoms with Gasteiger partial charge in [-0.25, -0.2) is 0 Å². The highest BCUT2D eigenvalue weighted by Crippen LogP contribution is 2.05. The van der Waals surface area contributed by atoms with Crippen LogP contribution in [-0.4, -0.2) is 50.1 Å². The molecule has 0 aliphatic carbocycles. The van der Waals surface area contributed by atoms with E-state index < -0.39 is 0 Å². The highest BCUT2D eigenvalue weighted by atomic mass is 16.5. The monoisotopic (exact) mass is 175 g/mol. The smallest absolute Gasteiger partial charge is 0.290 e. The molecule has 2 bridgehead atoms. The standard InChI is InChI=1S/C6H11NO2.CH2O2/c1-5-2-9-4-6(7-5)3-8-1;2-1-3/h5-7H,1-4H2;1H,(H,2,3). The number of rotatable bonds is 0. The zero-order chi connectivity index (χ0) is 8.81. The zero-order valence-electron chi connectivity index (χ0n) is 6.73. The highest BCUT2D eigenvalue weighted by molar-refractivity contribution is 5.32. The first-order valence-electron chi connectivity index (χ1n) is 3.86. The Hall–Kier alpha value is -0.650. The maximum atomic E-state index is 8.36. The third-order valence-electron chi connectivity index (χ3n) is 1.75. The summed E-state index contributed by atoms with van der Waals surface area (Å²) in [5.74, 6) is 0. The van der Waals surface area contributed by atoms with Crippen LogP contribution >= 0.6 is 0 Å². The second-order valence-electron chi connectivity index (χ2n) is 2.74. The van der Waals surface area contributed by atoms with Gasteiger partial charge in [-0.1, -0.05) is 0 Å². The summed E-state index contributed by atoms with van der Waals surface area (Å²) in [5, 5.41) is 10.3. The van der Waals surface area contributed by atoms with Gasteiger partial charge in [-0.15, -0.1) is 0 Å². The summed E-state index contributed by atoms with van der Waals surface area (Å²) in [6, 6.07) is 0.912. The van der Waals surface area contributed by atoms with Crippen molar-refractivity contribution >= 4 is 6.47 Å². The van der Waals surface area contributed by atoms with E-state index in [0.29, 0.717) is 12.1 Å². The summed E-state index contributed by atoms with van der Waals surface area (Å²) in [4.78, 5) is 8.36. The Morgan fingerprint density at radius 1 is 1.17 bits per heavy atom. The summed E-state index contributed by atoms with van der Waals surface area (Å²) in [6.45, 7) is 3.01. The van der Waals surface area contributed by atoms with Crippen molar-refractivity contribution in [2.75, 3.05) is 26.4 Å². The lowest BCUT2D eigenvalue weighted by atomic mass is 10.2. The van der Waals surface area contributed by atoms with Crippen LogP contribution in [0.4, 0.5) is 0 Å². The van der Waals surface area contributed by atoms with Crippen LogP contribution in [0.15, 0.2) is 0 Å². The second-order valence-corrected chi connectivity index (χ2v) is 2.74. The summed E-state index contributed by atoms with van der Waals surface area (Å²) in [7, 11) is 0. The lowest BCUT2D eigenvalue weighted by Gasteiger charge is -2.35. The summed E-state index contributed by atoms with van der Waals surface area (Å²) in [6.07, 6.45) is 0. The van der Waals surface area contributed by atoms with Crippen molar-refractivity contribution in [1.82, 2.24) is 5.32 Å². The molecule has 2 heterocycles. The predicted molar refractivity (Wildman–Crippen MR) is 41.0 cm³/mol. The SMILES string of the molecule is C1OCC2COCC1N2.O=CO. The van der Waals surface area contributed by atoms with Crippen molar-refractivity contribution in [3.63, 3.8) is 0 Å². The molecule has 5 nitrogen and oxygen atoms in total. The van der Waals surface area contributed by atoms with E-state index in [2.05, 4.69) is 5.32 Å². The van der Waals surface area contributed by atoms with Gasteiger partial charge < -0.3 is 19.9 Å². The summed E-state index contributed by atoms with van der Waals surface area (Å²) in [5.41, 5.74) is 0. The normalized spacial score (nSPS) is 33.0. The minimum atomic E-state index is -0.250. The fraction of sp³-hybridized carbons (Fsp3) is 0.857. The maximum Gasteiger partial charge on any atom is 0.290 e.